The Kier molecular flexibility index (Phi) is 5.02. The molecule has 0 amide bonds. The zero-order valence-corrected chi connectivity index (χ0v) is 28.1. The molecule has 0 N–H and O–H groups in total. The lowest BCUT2D eigenvalue weighted by molar-refractivity contribution is 0.660. The Morgan fingerprint density at radius 3 is 2.00 bits per heavy atom. The minimum atomic E-state index is -0.106. The van der Waals surface area contributed by atoms with Crippen molar-refractivity contribution in [3.05, 3.63) is 157 Å². The van der Waals surface area contributed by atoms with Crippen molar-refractivity contribution in [2.45, 2.75) is 19.3 Å². The van der Waals surface area contributed by atoms with Gasteiger partial charge in [0.1, 0.15) is 0 Å². The molecule has 7 aromatic carbocycles. The maximum Gasteiger partial charge on any atom is 0.235 e. The molecule has 0 radical (unpaired) electrons. The van der Waals surface area contributed by atoms with Gasteiger partial charge in [-0.15, -0.1) is 0 Å². The molecule has 0 atom stereocenters. The minimum Gasteiger partial charge on any atom is -0.308 e. The van der Waals surface area contributed by atoms with Crippen LogP contribution in [0.15, 0.2) is 146 Å². The van der Waals surface area contributed by atoms with Crippen molar-refractivity contribution in [1.82, 2.24) is 18.9 Å². The van der Waals surface area contributed by atoms with E-state index in [1.54, 1.807) is 0 Å². The van der Waals surface area contributed by atoms with Crippen molar-refractivity contribution in [3.8, 4) is 28.3 Å². The fourth-order valence-electron chi connectivity index (χ4n) is 9.44. The van der Waals surface area contributed by atoms with E-state index in [0.717, 1.165) is 33.2 Å². The lowest BCUT2D eigenvalue weighted by atomic mass is 9.82. The third-order valence-corrected chi connectivity index (χ3v) is 11.7. The fraction of sp³-hybridized carbons (Fsp3) is 0.0638. The van der Waals surface area contributed by atoms with Crippen molar-refractivity contribution < 1.29 is 0 Å². The Morgan fingerprint density at radius 1 is 0.471 bits per heavy atom. The number of fused-ring (bicyclic) bond motifs is 9. The van der Waals surface area contributed by atoms with Gasteiger partial charge in [-0.25, -0.2) is 9.97 Å². The lowest BCUT2D eigenvalue weighted by Gasteiger charge is -2.22. The molecule has 12 rings (SSSR count). The van der Waals surface area contributed by atoms with E-state index >= 15 is 0 Å². The van der Waals surface area contributed by atoms with Crippen molar-refractivity contribution >= 4 is 70.8 Å². The Bertz CT molecular complexity index is 3290. The average molecular weight is 651 g/mol. The molecule has 1 aliphatic rings. The Balaban J connectivity index is 1.20. The van der Waals surface area contributed by atoms with Crippen LogP contribution >= 0.6 is 0 Å². The summed E-state index contributed by atoms with van der Waals surface area (Å²) < 4.78 is 4.76. The molecule has 0 aliphatic heterocycles. The van der Waals surface area contributed by atoms with Crippen molar-refractivity contribution in [2.75, 3.05) is 0 Å². The summed E-state index contributed by atoms with van der Waals surface area (Å²) in [4.78, 5) is 10.8. The van der Waals surface area contributed by atoms with Crippen LogP contribution in [-0.2, 0) is 5.41 Å². The van der Waals surface area contributed by atoms with Crippen LogP contribution in [0.25, 0.3) is 99.1 Å². The van der Waals surface area contributed by atoms with Gasteiger partial charge >= 0.3 is 0 Å². The molecule has 0 fully saturated rings. The highest BCUT2D eigenvalue weighted by Crippen LogP contribution is 2.50. The van der Waals surface area contributed by atoms with E-state index in [9.17, 15) is 0 Å². The van der Waals surface area contributed by atoms with Gasteiger partial charge in [-0.3, -0.25) is 4.57 Å². The lowest BCUT2D eigenvalue weighted by Crippen LogP contribution is -2.15. The Labute approximate surface area is 293 Å². The molecule has 238 valence electrons. The van der Waals surface area contributed by atoms with E-state index in [0.29, 0.717) is 5.95 Å². The number of nitrogens with zero attached hydrogens (tertiary/aromatic N) is 4. The van der Waals surface area contributed by atoms with Gasteiger partial charge in [0.15, 0.2) is 0 Å². The van der Waals surface area contributed by atoms with Gasteiger partial charge in [0, 0.05) is 43.3 Å². The summed E-state index contributed by atoms with van der Waals surface area (Å²) in [5, 5.41) is 8.52. The molecule has 11 aromatic rings. The number of benzene rings is 7. The molecular formula is C47H30N4. The van der Waals surface area contributed by atoms with Gasteiger partial charge in [0.05, 0.1) is 38.8 Å². The topological polar surface area (TPSA) is 35.1 Å². The average Bonchev–Trinajstić information content (AvgIpc) is 3.74. The highest BCUT2D eigenvalue weighted by molar-refractivity contribution is 6.31. The molecule has 4 nitrogen and oxygen atoms in total. The monoisotopic (exact) mass is 650 g/mol. The van der Waals surface area contributed by atoms with Gasteiger partial charge in [-0.2, -0.15) is 0 Å². The van der Waals surface area contributed by atoms with Crippen molar-refractivity contribution in [1.29, 1.82) is 0 Å². The maximum absolute atomic E-state index is 5.51. The first-order valence-corrected chi connectivity index (χ1v) is 17.7. The van der Waals surface area contributed by atoms with Gasteiger partial charge in [0.25, 0.3) is 0 Å². The highest BCUT2D eigenvalue weighted by atomic mass is 15.2. The number of hydrogen-bond donors (Lipinski definition) is 0. The van der Waals surface area contributed by atoms with Crippen LogP contribution in [0, 0.1) is 0 Å². The molecule has 1 aliphatic carbocycles. The summed E-state index contributed by atoms with van der Waals surface area (Å²) in [5.74, 6) is 0.678. The minimum absolute atomic E-state index is 0.106. The molecule has 0 unspecified atom stereocenters. The number of hydrogen-bond acceptors (Lipinski definition) is 2. The van der Waals surface area contributed by atoms with Crippen LogP contribution in [0.1, 0.15) is 25.0 Å². The van der Waals surface area contributed by atoms with E-state index in [1.165, 1.54) is 71.1 Å². The van der Waals surface area contributed by atoms with Crippen molar-refractivity contribution in [2.24, 2.45) is 0 Å². The predicted octanol–water partition coefficient (Wildman–Crippen LogP) is 11.9. The summed E-state index contributed by atoms with van der Waals surface area (Å²) in [6, 6.07) is 53.1. The first kappa shape index (κ1) is 27.3. The van der Waals surface area contributed by atoms with E-state index in [-0.39, 0.29) is 5.41 Å². The molecule has 0 saturated carbocycles. The maximum atomic E-state index is 5.51. The van der Waals surface area contributed by atoms with E-state index < -0.39 is 0 Å². The quantitative estimate of drug-likeness (QED) is 0.187. The summed E-state index contributed by atoms with van der Waals surface area (Å²) in [6.07, 6.45) is 0. The SMILES string of the molecule is CC1(C)c2ccccc2-c2ccc(-c3nc(-n4c5cccc6c7cccc8c9ccccc9n(c9cccc4c9c65)c78)nc4ccccc34)cc21. The second-order valence-electron chi connectivity index (χ2n) is 14.6. The third-order valence-electron chi connectivity index (χ3n) is 11.7. The number of aromatic nitrogens is 4. The van der Waals surface area contributed by atoms with Gasteiger partial charge < -0.3 is 4.40 Å². The highest BCUT2D eigenvalue weighted by Gasteiger charge is 2.35. The molecule has 4 heterocycles. The van der Waals surface area contributed by atoms with Crippen LogP contribution in [0.5, 0.6) is 0 Å². The van der Waals surface area contributed by atoms with Crippen LogP contribution in [-0.4, -0.2) is 18.9 Å². The standard InChI is InChI=1S/C47H30N4/c1-47(2)35-18-6-3-12-28(35)29-25-24-27(26-36(29)47)44-34-14-4-7-19-37(34)48-46(49-44)51-39-21-10-15-31-33-17-9-16-32-30-13-5-8-20-38(30)50(45(32)33)40-22-11-23-41(51)43(40)42(31)39/h3-26H,1-2H3. The summed E-state index contributed by atoms with van der Waals surface area (Å²) in [7, 11) is 0. The van der Waals surface area contributed by atoms with Crippen molar-refractivity contribution in [3.63, 3.8) is 0 Å². The summed E-state index contributed by atoms with van der Waals surface area (Å²) in [6.45, 7) is 4.67. The van der Waals surface area contributed by atoms with Gasteiger partial charge in [0.2, 0.25) is 5.95 Å². The second kappa shape index (κ2) is 9.38. The van der Waals surface area contributed by atoms with E-state index in [2.05, 4.69) is 168 Å². The third kappa shape index (κ3) is 3.35. The second-order valence-corrected chi connectivity index (χ2v) is 14.6. The first-order chi connectivity index (χ1) is 25.1. The number of para-hydroxylation sites is 3. The van der Waals surface area contributed by atoms with Gasteiger partial charge in [-0.1, -0.05) is 123 Å². The molecule has 0 bridgehead atoms. The van der Waals surface area contributed by atoms with Crippen LogP contribution in [0.3, 0.4) is 0 Å². The Hall–Kier alpha value is -6.52. The molecule has 4 aromatic heterocycles. The van der Waals surface area contributed by atoms with Crippen LogP contribution < -0.4 is 0 Å². The molecule has 0 saturated heterocycles. The fourth-order valence-corrected chi connectivity index (χ4v) is 9.44. The summed E-state index contributed by atoms with van der Waals surface area (Å²) >= 11 is 0. The van der Waals surface area contributed by atoms with Gasteiger partial charge in [-0.05, 0) is 64.0 Å². The number of rotatable bonds is 2. The molecule has 4 heteroatoms. The molecule has 51 heavy (non-hydrogen) atoms. The smallest absolute Gasteiger partial charge is 0.235 e. The van der Waals surface area contributed by atoms with Crippen LogP contribution in [0.4, 0.5) is 0 Å². The zero-order valence-electron chi connectivity index (χ0n) is 28.1. The zero-order chi connectivity index (χ0) is 33.6. The predicted molar refractivity (Wildman–Crippen MR) is 212 cm³/mol. The van der Waals surface area contributed by atoms with E-state index in [1.807, 2.05) is 0 Å². The molecule has 0 spiro atoms. The van der Waals surface area contributed by atoms with Crippen LogP contribution in [0.2, 0.25) is 0 Å². The largest absolute Gasteiger partial charge is 0.308 e. The Morgan fingerprint density at radius 2 is 1.10 bits per heavy atom. The van der Waals surface area contributed by atoms with E-state index in [4.69, 9.17) is 9.97 Å². The first-order valence-electron chi connectivity index (χ1n) is 17.7. The normalized spacial score (nSPS) is 13.8. The summed E-state index contributed by atoms with van der Waals surface area (Å²) in [5.41, 5.74) is 14.1. The molecular weight excluding hydrogens is 621 g/mol.